The predicted molar refractivity (Wildman–Crippen MR) is 89.6 cm³/mol. The Kier molecular flexibility index (Phi) is 4.51. The number of hydrogen-bond donors (Lipinski definition) is 1. The van der Waals surface area contributed by atoms with Crippen LogP contribution in [-0.2, 0) is 18.3 Å². The van der Waals surface area contributed by atoms with Crippen molar-refractivity contribution in [2.45, 2.75) is 6.42 Å². The van der Waals surface area contributed by atoms with Gasteiger partial charge >= 0.3 is 0 Å². The van der Waals surface area contributed by atoms with Gasteiger partial charge in [-0.05, 0) is 40.3 Å². The van der Waals surface area contributed by atoms with Crippen LogP contribution in [0.4, 0.5) is 5.69 Å². The molecule has 2 aromatic carbocycles. The fourth-order valence-electron chi connectivity index (χ4n) is 2.34. The third-order valence-electron chi connectivity index (χ3n) is 3.55. The summed E-state index contributed by atoms with van der Waals surface area (Å²) in [6.45, 7) is 0. The summed E-state index contributed by atoms with van der Waals surface area (Å²) in [5, 5.41) is 14.3. The number of ether oxygens (including phenoxy) is 1. The molecule has 0 unspecified atom stereocenters. The maximum atomic E-state index is 12.2. The fourth-order valence-corrected chi connectivity index (χ4v) is 2.34. The maximum Gasteiger partial charge on any atom is 0.228 e. The lowest BCUT2D eigenvalue weighted by molar-refractivity contribution is -0.115. The molecular weight excluding hydrogens is 306 g/mol. The normalized spacial score (nSPS) is 10.4. The van der Waals surface area contributed by atoms with Crippen LogP contribution in [-0.4, -0.2) is 33.2 Å². The second kappa shape index (κ2) is 6.91. The first-order valence-electron chi connectivity index (χ1n) is 7.41. The van der Waals surface area contributed by atoms with E-state index in [0.717, 1.165) is 16.9 Å². The van der Waals surface area contributed by atoms with Crippen molar-refractivity contribution >= 4 is 11.6 Å². The summed E-state index contributed by atoms with van der Waals surface area (Å²) >= 11 is 0. The molecule has 0 saturated carbocycles. The van der Waals surface area contributed by atoms with Crippen LogP contribution in [0, 0.1) is 0 Å². The Labute approximate surface area is 139 Å². The summed E-state index contributed by atoms with van der Waals surface area (Å²) in [5.41, 5.74) is 2.46. The molecule has 0 aliphatic carbocycles. The van der Waals surface area contributed by atoms with Crippen LogP contribution in [0.15, 0.2) is 48.5 Å². The van der Waals surface area contributed by atoms with Crippen molar-refractivity contribution in [1.82, 2.24) is 20.2 Å². The highest BCUT2D eigenvalue weighted by Gasteiger charge is 2.08. The summed E-state index contributed by atoms with van der Waals surface area (Å²) in [6, 6.07) is 14.9. The van der Waals surface area contributed by atoms with E-state index in [1.807, 2.05) is 48.5 Å². The van der Waals surface area contributed by atoms with Gasteiger partial charge in [0.05, 0.1) is 13.5 Å². The molecule has 0 atom stereocenters. The van der Waals surface area contributed by atoms with Crippen molar-refractivity contribution in [3.8, 4) is 17.1 Å². The summed E-state index contributed by atoms with van der Waals surface area (Å²) < 4.78 is 6.69. The number of aromatic nitrogens is 4. The van der Waals surface area contributed by atoms with E-state index >= 15 is 0 Å². The Morgan fingerprint density at radius 1 is 1.21 bits per heavy atom. The Hall–Kier alpha value is -3.22. The van der Waals surface area contributed by atoms with E-state index < -0.39 is 0 Å². The van der Waals surface area contributed by atoms with Crippen molar-refractivity contribution in [3.63, 3.8) is 0 Å². The molecule has 1 N–H and O–H groups in total. The molecule has 0 spiro atoms. The van der Waals surface area contributed by atoms with Gasteiger partial charge < -0.3 is 10.1 Å². The van der Waals surface area contributed by atoms with Crippen molar-refractivity contribution in [3.05, 3.63) is 54.1 Å². The molecule has 3 aromatic rings. The average Bonchev–Trinajstić information content (AvgIpc) is 3.02. The number of tetrazole rings is 1. The Balaban J connectivity index is 1.69. The molecule has 0 aliphatic rings. The second-order valence-corrected chi connectivity index (χ2v) is 5.28. The molecule has 0 radical (unpaired) electrons. The van der Waals surface area contributed by atoms with Crippen molar-refractivity contribution < 1.29 is 9.53 Å². The lowest BCUT2D eigenvalue weighted by Gasteiger charge is -2.07. The molecule has 1 heterocycles. The molecule has 0 aliphatic heterocycles. The summed E-state index contributed by atoms with van der Waals surface area (Å²) in [4.78, 5) is 12.2. The number of rotatable bonds is 5. The SMILES string of the molecule is COc1ccc(CC(=O)Nc2cccc(-c3nnnn3C)c2)cc1. The number of hydrogen-bond acceptors (Lipinski definition) is 5. The quantitative estimate of drug-likeness (QED) is 0.777. The third kappa shape index (κ3) is 3.57. The molecule has 3 rings (SSSR count). The van der Waals surface area contributed by atoms with Crippen LogP contribution in [0.2, 0.25) is 0 Å². The number of carbonyl (C=O) groups excluding carboxylic acids is 1. The minimum atomic E-state index is -0.0894. The highest BCUT2D eigenvalue weighted by molar-refractivity contribution is 5.92. The Morgan fingerprint density at radius 3 is 2.67 bits per heavy atom. The molecule has 1 amide bonds. The van der Waals surface area contributed by atoms with Gasteiger partial charge in [0.2, 0.25) is 5.91 Å². The molecule has 0 bridgehead atoms. The molecule has 0 fully saturated rings. The zero-order valence-corrected chi connectivity index (χ0v) is 13.4. The van der Waals surface area contributed by atoms with Crippen LogP contribution >= 0.6 is 0 Å². The van der Waals surface area contributed by atoms with E-state index in [1.165, 1.54) is 0 Å². The van der Waals surface area contributed by atoms with E-state index in [1.54, 1.807) is 18.8 Å². The molecule has 0 saturated heterocycles. The van der Waals surface area contributed by atoms with E-state index in [4.69, 9.17) is 4.74 Å². The number of carbonyl (C=O) groups is 1. The van der Waals surface area contributed by atoms with E-state index in [-0.39, 0.29) is 5.91 Å². The fraction of sp³-hybridized carbons (Fsp3) is 0.176. The minimum absolute atomic E-state index is 0.0894. The highest BCUT2D eigenvalue weighted by atomic mass is 16.5. The molecule has 24 heavy (non-hydrogen) atoms. The Bertz CT molecular complexity index is 842. The smallest absolute Gasteiger partial charge is 0.228 e. The van der Waals surface area contributed by atoms with Gasteiger partial charge in [0.15, 0.2) is 5.82 Å². The number of anilines is 1. The van der Waals surface area contributed by atoms with Gasteiger partial charge in [-0.2, -0.15) is 0 Å². The summed E-state index contributed by atoms with van der Waals surface area (Å²) in [6.07, 6.45) is 0.291. The first-order chi connectivity index (χ1) is 11.7. The first kappa shape index (κ1) is 15.7. The average molecular weight is 323 g/mol. The number of methoxy groups -OCH3 is 1. The topological polar surface area (TPSA) is 81.9 Å². The lowest BCUT2D eigenvalue weighted by Crippen LogP contribution is -2.14. The van der Waals surface area contributed by atoms with Gasteiger partial charge in [0, 0.05) is 18.3 Å². The van der Waals surface area contributed by atoms with Crippen LogP contribution in [0.25, 0.3) is 11.4 Å². The lowest BCUT2D eigenvalue weighted by atomic mass is 10.1. The first-order valence-corrected chi connectivity index (χ1v) is 7.41. The second-order valence-electron chi connectivity index (χ2n) is 5.28. The van der Waals surface area contributed by atoms with Gasteiger partial charge in [-0.1, -0.05) is 24.3 Å². The predicted octanol–water partition coefficient (Wildman–Crippen LogP) is 2.07. The van der Waals surface area contributed by atoms with Crippen molar-refractivity contribution in [2.75, 3.05) is 12.4 Å². The zero-order chi connectivity index (χ0) is 16.9. The van der Waals surface area contributed by atoms with Gasteiger partial charge in [-0.25, -0.2) is 4.68 Å². The van der Waals surface area contributed by atoms with Gasteiger partial charge in [0.25, 0.3) is 0 Å². The van der Waals surface area contributed by atoms with Crippen LogP contribution in [0.3, 0.4) is 0 Å². The molecule has 7 nitrogen and oxygen atoms in total. The summed E-state index contributed by atoms with van der Waals surface area (Å²) in [7, 11) is 3.38. The summed E-state index contributed by atoms with van der Waals surface area (Å²) in [5.74, 6) is 1.32. The number of nitrogens with zero attached hydrogens (tertiary/aromatic N) is 4. The molecular formula is C17H17N5O2. The Morgan fingerprint density at radius 2 is 2.00 bits per heavy atom. The zero-order valence-electron chi connectivity index (χ0n) is 13.4. The van der Waals surface area contributed by atoms with Gasteiger partial charge in [0.1, 0.15) is 5.75 Å². The molecule has 7 heteroatoms. The van der Waals surface area contributed by atoms with Gasteiger partial charge in [-0.3, -0.25) is 4.79 Å². The highest BCUT2D eigenvalue weighted by Crippen LogP contribution is 2.20. The van der Waals surface area contributed by atoms with E-state index in [0.29, 0.717) is 17.9 Å². The number of aryl methyl sites for hydroxylation is 1. The van der Waals surface area contributed by atoms with E-state index in [2.05, 4.69) is 20.8 Å². The maximum absolute atomic E-state index is 12.2. The van der Waals surface area contributed by atoms with Crippen LogP contribution in [0.1, 0.15) is 5.56 Å². The van der Waals surface area contributed by atoms with Gasteiger partial charge in [-0.15, -0.1) is 5.10 Å². The van der Waals surface area contributed by atoms with E-state index in [9.17, 15) is 4.79 Å². The van der Waals surface area contributed by atoms with Crippen LogP contribution in [0.5, 0.6) is 5.75 Å². The number of nitrogens with one attached hydrogen (secondary N) is 1. The largest absolute Gasteiger partial charge is 0.497 e. The number of benzene rings is 2. The number of amides is 1. The van der Waals surface area contributed by atoms with Crippen LogP contribution < -0.4 is 10.1 Å². The minimum Gasteiger partial charge on any atom is -0.497 e. The third-order valence-corrected chi connectivity index (χ3v) is 3.55. The standard InChI is InChI=1S/C17H17N5O2/c1-22-17(19-20-21-22)13-4-3-5-14(11-13)18-16(23)10-12-6-8-15(24-2)9-7-12/h3-9,11H,10H2,1-2H3,(H,18,23). The monoisotopic (exact) mass is 323 g/mol. The van der Waals surface area contributed by atoms with Crippen molar-refractivity contribution in [2.24, 2.45) is 7.05 Å². The molecule has 1 aromatic heterocycles. The molecule has 122 valence electrons. The van der Waals surface area contributed by atoms with Crippen molar-refractivity contribution in [1.29, 1.82) is 0 Å².